The van der Waals surface area contributed by atoms with Crippen LogP contribution in [0.25, 0.3) is 0 Å². The summed E-state index contributed by atoms with van der Waals surface area (Å²) in [5, 5.41) is 3.28. The second kappa shape index (κ2) is 9.37. The maximum Gasteiger partial charge on any atom is 0.223 e. The number of carbonyl (C=O) groups is 2. The Morgan fingerprint density at radius 2 is 2.05 bits per heavy atom. The SMILES string of the molecule is COCCCNC(=O)CCN(C(C)=O)c1ccccc1Cl. The van der Waals surface area contributed by atoms with E-state index in [9.17, 15) is 9.59 Å². The molecule has 5 nitrogen and oxygen atoms in total. The monoisotopic (exact) mass is 312 g/mol. The van der Waals surface area contributed by atoms with E-state index >= 15 is 0 Å². The molecule has 0 aliphatic heterocycles. The molecule has 1 N–H and O–H groups in total. The van der Waals surface area contributed by atoms with Gasteiger partial charge in [-0.15, -0.1) is 0 Å². The van der Waals surface area contributed by atoms with Crippen molar-refractivity contribution in [3.05, 3.63) is 29.3 Å². The number of nitrogens with zero attached hydrogens (tertiary/aromatic N) is 1. The van der Waals surface area contributed by atoms with Crippen LogP contribution < -0.4 is 10.2 Å². The summed E-state index contributed by atoms with van der Waals surface area (Å²) >= 11 is 6.09. The van der Waals surface area contributed by atoms with Crippen molar-refractivity contribution in [2.24, 2.45) is 0 Å². The Bertz CT molecular complexity index is 480. The number of methoxy groups -OCH3 is 1. The summed E-state index contributed by atoms with van der Waals surface area (Å²) in [4.78, 5) is 25.0. The van der Waals surface area contributed by atoms with Gasteiger partial charge in [0.25, 0.3) is 0 Å². The highest BCUT2D eigenvalue weighted by Crippen LogP contribution is 2.25. The normalized spacial score (nSPS) is 10.2. The summed E-state index contributed by atoms with van der Waals surface area (Å²) in [6, 6.07) is 7.09. The van der Waals surface area contributed by atoms with Crippen LogP contribution in [0.5, 0.6) is 0 Å². The summed E-state index contributed by atoms with van der Waals surface area (Å²) in [7, 11) is 1.62. The number of benzene rings is 1. The number of halogens is 1. The number of rotatable bonds is 8. The molecule has 1 aromatic rings. The number of para-hydroxylation sites is 1. The first-order valence-corrected chi connectivity index (χ1v) is 7.22. The van der Waals surface area contributed by atoms with Crippen molar-refractivity contribution < 1.29 is 14.3 Å². The number of ether oxygens (including phenoxy) is 1. The van der Waals surface area contributed by atoms with Crippen molar-refractivity contribution >= 4 is 29.1 Å². The molecule has 0 aliphatic carbocycles. The van der Waals surface area contributed by atoms with Crippen LogP contribution in [0, 0.1) is 0 Å². The number of amides is 2. The molecule has 0 aliphatic rings. The molecular formula is C15H21ClN2O3. The van der Waals surface area contributed by atoms with E-state index in [2.05, 4.69) is 5.32 Å². The van der Waals surface area contributed by atoms with Crippen LogP contribution in [0.4, 0.5) is 5.69 Å². The fourth-order valence-corrected chi connectivity index (χ4v) is 2.10. The Morgan fingerprint density at radius 1 is 1.33 bits per heavy atom. The van der Waals surface area contributed by atoms with E-state index in [0.717, 1.165) is 6.42 Å². The van der Waals surface area contributed by atoms with Gasteiger partial charge in [0.15, 0.2) is 0 Å². The maximum atomic E-state index is 11.7. The minimum atomic E-state index is -0.143. The largest absolute Gasteiger partial charge is 0.385 e. The van der Waals surface area contributed by atoms with Gasteiger partial charge in [-0.2, -0.15) is 0 Å². The van der Waals surface area contributed by atoms with Crippen molar-refractivity contribution in [1.82, 2.24) is 5.32 Å². The molecular weight excluding hydrogens is 292 g/mol. The number of hydrogen-bond acceptors (Lipinski definition) is 3. The van der Waals surface area contributed by atoms with Gasteiger partial charge in [0.2, 0.25) is 11.8 Å². The van der Waals surface area contributed by atoms with E-state index in [1.54, 1.807) is 25.3 Å². The van der Waals surface area contributed by atoms with Gasteiger partial charge < -0.3 is 15.0 Å². The Kier molecular flexibility index (Phi) is 7.79. The minimum Gasteiger partial charge on any atom is -0.385 e. The molecule has 0 bridgehead atoms. The third-order valence-corrected chi connectivity index (χ3v) is 3.25. The molecule has 116 valence electrons. The summed E-state index contributed by atoms with van der Waals surface area (Å²) < 4.78 is 4.91. The van der Waals surface area contributed by atoms with E-state index in [-0.39, 0.29) is 18.2 Å². The Morgan fingerprint density at radius 3 is 2.67 bits per heavy atom. The zero-order valence-electron chi connectivity index (χ0n) is 12.4. The first-order valence-electron chi connectivity index (χ1n) is 6.84. The molecule has 0 heterocycles. The van der Waals surface area contributed by atoms with Gasteiger partial charge in [-0.25, -0.2) is 0 Å². The highest BCUT2D eigenvalue weighted by atomic mass is 35.5. The lowest BCUT2D eigenvalue weighted by Gasteiger charge is -2.22. The molecule has 0 spiro atoms. The standard InChI is InChI=1S/C15H21ClN2O3/c1-12(19)18(14-7-4-3-6-13(14)16)10-8-15(20)17-9-5-11-21-2/h3-4,6-7H,5,8-11H2,1-2H3,(H,17,20). The number of nitrogens with one attached hydrogen (secondary N) is 1. The van der Waals surface area contributed by atoms with Gasteiger partial charge in [0.1, 0.15) is 0 Å². The average molecular weight is 313 g/mol. The minimum absolute atomic E-state index is 0.0931. The average Bonchev–Trinajstić information content (AvgIpc) is 2.45. The second-order valence-electron chi connectivity index (χ2n) is 4.57. The van der Waals surface area contributed by atoms with Crippen molar-refractivity contribution in [3.63, 3.8) is 0 Å². The first kappa shape index (κ1) is 17.5. The van der Waals surface area contributed by atoms with Crippen molar-refractivity contribution in [2.75, 3.05) is 31.7 Å². The van der Waals surface area contributed by atoms with Gasteiger partial charge in [-0.05, 0) is 18.6 Å². The maximum absolute atomic E-state index is 11.7. The van der Waals surface area contributed by atoms with Crippen LogP contribution in [0.2, 0.25) is 5.02 Å². The second-order valence-corrected chi connectivity index (χ2v) is 4.98. The van der Waals surface area contributed by atoms with E-state index in [1.807, 2.05) is 6.07 Å². The molecule has 1 aromatic carbocycles. The predicted molar refractivity (Wildman–Crippen MR) is 83.6 cm³/mol. The third-order valence-electron chi connectivity index (χ3n) is 2.93. The molecule has 0 fully saturated rings. The first-order chi connectivity index (χ1) is 10.1. The van der Waals surface area contributed by atoms with Gasteiger partial charge >= 0.3 is 0 Å². The summed E-state index contributed by atoms with van der Waals surface area (Å²) in [6.45, 7) is 2.94. The van der Waals surface area contributed by atoms with Crippen LogP contribution in [0.3, 0.4) is 0 Å². The van der Waals surface area contributed by atoms with Gasteiger partial charge in [0.05, 0.1) is 10.7 Å². The topological polar surface area (TPSA) is 58.6 Å². The zero-order valence-corrected chi connectivity index (χ0v) is 13.2. The van der Waals surface area contributed by atoms with Gasteiger partial charge in [0, 0.05) is 40.2 Å². The smallest absolute Gasteiger partial charge is 0.223 e. The van der Waals surface area contributed by atoms with Crippen LogP contribution in [-0.4, -0.2) is 38.6 Å². The van der Waals surface area contributed by atoms with E-state index in [1.165, 1.54) is 11.8 Å². The third kappa shape index (κ3) is 6.14. The molecule has 0 atom stereocenters. The molecule has 1 rings (SSSR count). The van der Waals surface area contributed by atoms with E-state index in [4.69, 9.17) is 16.3 Å². The fourth-order valence-electron chi connectivity index (χ4n) is 1.86. The van der Waals surface area contributed by atoms with Gasteiger partial charge in [-0.3, -0.25) is 9.59 Å². The van der Waals surface area contributed by atoms with Crippen molar-refractivity contribution in [3.8, 4) is 0 Å². The van der Waals surface area contributed by atoms with Crippen LogP contribution in [0.15, 0.2) is 24.3 Å². The lowest BCUT2D eigenvalue weighted by molar-refractivity contribution is -0.121. The highest BCUT2D eigenvalue weighted by molar-refractivity contribution is 6.33. The van der Waals surface area contributed by atoms with E-state index in [0.29, 0.717) is 30.4 Å². The summed E-state index contributed by atoms with van der Waals surface area (Å²) in [5.74, 6) is -0.236. The lowest BCUT2D eigenvalue weighted by atomic mass is 10.2. The summed E-state index contributed by atoms with van der Waals surface area (Å²) in [6.07, 6.45) is 1.00. The molecule has 0 saturated carbocycles. The molecule has 0 saturated heterocycles. The quantitative estimate of drug-likeness (QED) is 0.749. The number of hydrogen-bond donors (Lipinski definition) is 1. The fraction of sp³-hybridized carbons (Fsp3) is 0.467. The molecule has 21 heavy (non-hydrogen) atoms. The lowest BCUT2D eigenvalue weighted by Crippen LogP contribution is -2.34. The Balaban J connectivity index is 2.51. The highest BCUT2D eigenvalue weighted by Gasteiger charge is 2.15. The van der Waals surface area contributed by atoms with Crippen LogP contribution >= 0.6 is 11.6 Å². The molecule has 0 radical (unpaired) electrons. The van der Waals surface area contributed by atoms with E-state index < -0.39 is 0 Å². The molecule has 2 amide bonds. The summed E-state index contributed by atoms with van der Waals surface area (Å²) in [5.41, 5.74) is 0.624. The zero-order chi connectivity index (χ0) is 15.7. The predicted octanol–water partition coefficient (Wildman–Crippen LogP) is 2.24. The Hall–Kier alpha value is -1.59. The van der Waals surface area contributed by atoms with Crippen molar-refractivity contribution in [2.45, 2.75) is 19.8 Å². The molecule has 0 aromatic heterocycles. The van der Waals surface area contributed by atoms with Crippen LogP contribution in [-0.2, 0) is 14.3 Å². The molecule has 0 unspecified atom stereocenters. The number of anilines is 1. The molecule has 6 heteroatoms. The Labute approximate surface area is 130 Å². The van der Waals surface area contributed by atoms with Crippen molar-refractivity contribution in [1.29, 1.82) is 0 Å². The van der Waals surface area contributed by atoms with Gasteiger partial charge in [-0.1, -0.05) is 23.7 Å². The van der Waals surface area contributed by atoms with Crippen LogP contribution in [0.1, 0.15) is 19.8 Å². The number of carbonyl (C=O) groups excluding carboxylic acids is 2.